The summed E-state index contributed by atoms with van der Waals surface area (Å²) >= 11 is 6.49. The molecule has 3 aliphatic rings. The van der Waals surface area contributed by atoms with E-state index in [-0.39, 0.29) is 18.5 Å². The second-order valence-corrected chi connectivity index (χ2v) is 11.8. The monoisotopic (exact) mass is 506 g/mol. The number of hydrogen-bond donors (Lipinski definition) is 1. The van der Waals surface area contributed by atoms with E-state index in [1.54, 1.807) is 12.0 Å². The molecule has 0 bridgehead atoms. The lowest BCUT2D eigenvalue weighted by Crippen LogP contribution is -2.65. The van der Waals surface area contributed by atoms with Gasteiger partial charge in [-0.2, -0.15) is 0 Å². The molecule has 35 heavy (non-hydrogen) atoms. The van der Waals surface area contributed by atoms with Crippen molar-refractivity contribution in [1.29, 1.82) is 0 Å². The minimum Gasteiger partial charge on any atom is -0.495 e. The number of nitrogens with one attached hydrogen (secondary N) is 1. The summed E-state index contributed by atoms with van der Waals surface area (Å²) in [5.41, 5.74) is 1.77. The highest BCUT2D eigenvalue weighted by molar-refractivity contribution is 6.31. The molecule has 0 aromatic heterocycles. The van der Waals surface area contributed by atoms with Crippen LogP contribution in [-0.2, 0) is 16.0 Å². The molecular formula is C26H39ClN4O4. The van der Waals surface area contributed by atoms with Crippen molar-refractivity contribution in [2.45, 2.75) is 58.6 Å². The zero-order valence-electron chi connectivity index (χ0n) is 21.7. The van der Waals surface area contributed by atoms with Crippen molar-refractivity contribution in [1.82, 2.24) is 14.7 Å². The van der Waals surface area contributed by atoms with Gasteiger partial charge in [0.1, 0.15) is 11.4 Å². The molecule has 4 rings (SSSR count). The third-order valence-corrected chi connectivity index (χ3v) is 7.57. The number of rotatable bonds is 7. The van der Waals surface area contributed by atoms with Crippen LogP contribution >= 0.6 is 11.6 Å². The number of hydrogen-bond acceptors (Lipinski definition) is 6. The molecule has 2 aliphatic heterocycles. The number of ether oxygens (including phenoxy) is 2. The SMILES string of the molecule is COc1cc(Cl)c(CC2(C)CC2)cc1NCC(=O)N1CCN(C2CN(C(=O)OC(C)(C)C)C2)CC1. The predicted octanol–water partition coefficient (Wildman–Crippen LogP) is 3.87. The van der Waals surface area contributed by atoms with Crippen molar-refractivity contribution in [3.63, 3.8) is 0 Å². The second kappa shape index (κ2) is 10.1. The van der Waals surface area contributed by atoms with Gasteiger partial charge >= 0.3 is 6.09 Å². The number of piperazine rings is 1. The minimum absolute atomic E-state index is 0.0707. The van der Waals surface area contributed by atoms with Crippen molar-refractivity contribution in [3.8, 4) is 5.75 Å². The summed E-state index contributed by atoms with van der Waals surface area (Å²) < 4.78 is 10.9. The number of methoxy groups -OCH3 is 1. The molecule has 1 saturated carbocycles. The molecule has 8 nitrogen and oxygen atoms in total. The molecule has 1 aromatic rings. The number of nitrogens with zero attached hydrogens (tertiary/aromatic N) is 3. The highest BCUT2D eigenvalue weighted by Crippen LogP contribution is 2.49. The maximum absolute atomic E-state index is 12.9. The first kappa shape index (κ1) is 25.9. The summed E-state index contributed by atoms with van der Waals surface area (Å²) in [4.78, 5) is 31.1. The van der Waals surface area contributed by atoms with Gasteiger partial charge in [0.25, 0.3) is 0 Å². The lowest BCUT2D eigenvalue weighted by molar-refractivity contribution is -0.131. The van der Waals surface area contributed by atoms with Gasteiger partial charge in [0, 0.05) is 56.4 Å². The average molecular weight is 507 g/mol. The fraction of sp³-hybridized carbons (Fsp3) is 0.692. The zero-order valence-corrected chi connectivity index (χ0v) is 22.4. The van der Waals surface area contributed by atoms with Crippen LogP contribution in [0.15, 0.2) is 12.1 Å². The highest BCUT2D eigenvalue weighted by atomic mass is 35.5. The molecule has 0 atom stereocenters. The van der Waals surface area contributed by atoms with Gasteiger partial charge in [-0.05, 0) is 57.1 Å². The van der Waals surface area contributed by atoms with Gasteiger partial charge in [0.05, 0.1) is 19.3 Å². The topological polar surface area (TPSA) is 74.4 Å². The van der Waals surface area contributed by atoms with E-state index in [1.165, 1.54) is 12.8 Å². The molecule has 0 radical (unpaired) electrons. The predicted molar refractivity (Wildman–Crippen MR) is 137 cm³/mol. The number of likely N-dealkylation sites (tertiary alicyclic amines) is 1. The lowest BCUT2D eigenvalue weighted by Gasteiger charge is -2.48. The van der Waals surface area contributed by atoms with E-state index in [1.807, 2.05) is 37.8 Å². The number of carbonyl (C=O) groups excluding carboxylic acids is 2. The zero-order chi connectivity index (χ0) is 25.4. The van der Waals surface area contributed by atoms with Crippen LogP contribution in [0.3, 0.4) is 0 Å². The van der Waals surface area contributed by atoms with E-state index in [9.17, 15) is 9.59 Å². The Hall–Kier alpha value is -2.19. The van der Waals surface area contributed by atoms with Crippen molar-refractivity contribution in [3.05, 3.63) is 22.7 Å². The molecule has 194 valence electrons. The number of amides is 2. The van der Waals surface area contributed by atoms with Crippen LogP contribution in [0, 0.1) is 5.41 Å². The number of benzene rings is 1. The van der Waals surface area contributed by atoms with Crippen LogP contribution in [0.1, 0.15) is 46.1 Å². The molecule has 2 heterocycles. The standard InChI is InChI=1S/C26H39ClN4O4/c1-25(2,3)35-24(33)31-16-19(17-31)29-8-10-30(11-9-29)23(32)15-28-21-12-18(14-26(4)6-7-26)20(27)13-22(21)34-5/h12-13,19,28H,6-11,14-17H2,1-5H3. The van der Waals surface area contributed by atoms with Gasteiger partial charge in [-0.15, -0.1) is 0 Å². The van der Waals surface area contributed by atoms with Crippen LogP contribution in [0.5, 0.6) is 5.75 Å². The van der Waals surface area contributed by atoms with Gasteiger partial charge in [-0.3, -0.25) is 9.69 Å². The maximum Gasteiger partial charge on any atom is 0.410 e. The molecule has 9 heteroatoms. The number of carbonyl (C=O) groups is 2. The average Bonchev–Trinajstić information content (AvgIpc) is 3.48. The summed E-state index contributed by atoms with van der Waals surface area (Å²) in [5, 5.41) is 3.99. The fourth-order valence-electron chi connectivity index (χ4n) is 4.67. The van der Waals surface area contributed by atoms with Gasteiger partial charge in [-0.25, -0.2) is 4.79 Å². The van der Waals surface area contributed by atoms with E-state index >= 15 is 0 Å². The van der Waals surface area contributed by atoms with Crippen molar-refractivity contribution in [2.24, 2.45) is 5.41 Å². The largest absolute Gasteiger partial charge is 0.495 e. The summed E-state index contributed by atoms with van der Waals surface area (Å²) in [7, 11) is 1.62. The van der Waals surface area contributed by atoms with Crippen molar-refractivity contribution in [2.75, 3.05) is 58.2 Å². The molecule has 2 saturated heterocycles. The highest BCUT2D eigenvalue weighted by Gasteiger charge is 2.39. The molecule has 0 unspecified atom stereocenters. The minimum atomic E-state index is -0.477. The van der Waals surface area contributed by atoms with E-state index < -0.39 is 5.60 Å². The molecule has 3 fully saturated rings. The molecule has 2 amide bonds. The quantitative estimate of drug-likeness (QED) is 0.605. The first-order valence-electron chi connectivity index (χ1n) is 12.6. The Morgan fingerprint density at radius 3 is 2.34 bits per heavy atom. The van der Waals surface area contributed by atoms with E-state index in [0.717, 1.165) is 30.8 Å². The number of halogens is 1. The molecule has 1 aromatic carbocycles. The Balaban J connectivity index is 1.23. The molecule has 1 N–H and O–H groups in total. The Labute approximate surface area is 213 Å². The fourth-order valence-corrected chi connectivity index (χ4v) is 4.89. The smallest absolute Gasteiger partial charge is 0.410 e. The van der Waals surface area contributed by atoms with E-state index in [4.69, 9.17) is 21.1 Å². The summed E-state index contributed by atoms with van der Waals surface area (Å²) in [5.74, 6) is 0.721. The maximum atomic E-state index is 12.9. The van der Waals surface area contributed by atoms with Crippen molar-refractivity contribution < 1.29 is 19.1 Å². The summed E-state index contributed by atoms with van der Waals surface area (Å²) in [6.07, 6.45) is 3.14. The molecule has 0 spiro atoms. The normalized spacial score (nSPS) is 20.3. The van der Waals surface area contributed by atoms with Crippen LogP contribution in [0.2, 0.25) is 5.02 Å². The van der Waals surface area contributed by atoms with Gasteiger partial charge in [0.15, 0.2) is 0 Å². The lowest BCUT2D eigenvalue weighted by atomic mass is 9.98. The first-order chi connectivity index (χ1) is 16.5. The summed E-state index contributed by atoms with van der Waals surface area (Å²) in [6, 6.07) is 4.21. The summed E-state index contributed by atoms with van der Waals surface area (Å²) in [6.45, 7) is 12.5. The molecular weight excluding hydrogens is 468 g/mol. The van der Waals surface area contributed by atoms with E-state index in [0.29, 0.717) is 48.4 Å². The van der Waals surface area contributed by atoms with Gasteiger partial charge in [0.2, 0.25) is 5.91 Å². The van der Waals surface area contributed by atoms with E-state index in [2.05, 4.69) is 17.1 Å². The van der Waals surface area contributed by atoms with Crippen LogP contribution in [0.25, 0.3) is 0 Å². The van der Waals surface area contributed by atoms with Crippen LogP contribution in [-0.4, -0.2) is 91.3 Å². The van der Waals surface area contributed by atoms with Crippen molar-refractivity contribution >= 4 is 29.3 Å². The third-order valence-electron chi connectivity index (χ3n) is 7.22. The first-order valence-corrected chi connectivity index (χ1v) is 12.9. The number of anilines is 1. The van der Waals surface area contributed by atoms with Gasteiger partial charge in [-0.1, -0.05) is 18.5 Å². The second-order valence-electron chi connectivity index (χ2n) is 11.4. The van der Waals surface area contributed by atoms with Crippen LogP contribution < -0.4 is 10.1 Å². The Morgan fingerprint density at radius 1 is 1.11 bits per heavy atom. The Bertz CT molecular complexity index is 945. The molecule has 1 aliphatic carbocycles. The third kappa shape index (κ3) is 6.53. The Morgan fingerprint density at radius 2 is 1.77 bits per heavy atom. The Kier molecular flexibility index (Phi) is 7.44. The van der Waals surface area contributed by atoms with Gasteiger partial charge < -0.3 is 24.6 Å². The van der Waals surface area contributed by atoms with Crippen LogP contribution in [0.4, 0.5) is 10.5 Å².